The largest absolute Gasteiger partial charge is 0.282 e. The van der Waals surface area contributed by atoms with E-state index in [0.29, 0.717) is 41.4 Å². The molecule has 148 valence electrons. The number of rotatable bonds is 5. The van der Waals surface area contributed by atoms with Gasteiger partial charge in [0.25, 0.3) is 10.0 Å². The highest BCUT2D eigenvalue weighted by Gasteiger charge is 2.30. The molecule has 10 heteroatoms. The molecule has 3 heterocycles. The Bertz CT molecular complexity index is 1060. The highest BCUT2D eigenvalue weighted by molar-refractivity contribution is 7.91. The summed E-state index contributed by atoms with van der Waals surface area (Å²) < 4.78 is 29.7. The molecule has 7 nitrogen and oxygen atoms in total. The van der Waals surface area contributed by atoms with E-state index >= 15 is 0 Å². The van der Waals surface area contributed by atoms with Gasteiger partial charge in [-0.1, -0.05) is 41.9 Å². The van der Waals surface area contributed by atoms with Gasteiger partial charge >= 0.3 is 0 Å². The normalized spacial score (nSPS) is 16.5. The summed E-state index contributed by atoms with van der Waals surface area (Å²) in [7, 11) is -3.48. The van der Waals surface area contributed by atoms with E-state index in [1.54, 1.807) is 12.1 Å². The fourth-order valence-electron chi connectivity index (χ4n) is 3.22. The number of halogens is 1. The van der Waals surface area contributed by atoms with Gasteiger partial charge in [-0.25, -0.2) is 18.1 Å². The van der Waals surface area contributed by atoms with Gasteiger partial charge in [-0.2, -0.15) is 9.40 Å². The third kappa shape index (κ3) is 3.99. The zero-order valence-corrected chi connectivity index (χ0v) is 17.7. The van der Waals surface area contributed by atoms with Crippen molar-refractivity contribution in [3.05, 3.63) is 52.6 Å². The quantitative estimate of drug-likeness (QED) is 0.613. The van der Waals surface area contributed by atoms with E-state index < -0.39 is 10.0 Å². The molecule has 0 atom stereocenters. The molecule has 0 radical (unpaired) electrons. The van der Waals surface area contributed by atoms with Gasteiger partial charge in [0, 0.05) is 31.7 Å². The van der Waals surface area contributed by atoms with E-state index in [4.69, 9.17) is 11.6 Å². The molecule has 0 spiro atoms. The van der Waals surface area contributed by atoms with Crippen LogP contribution in [0, 0.1) is 6.92 Å². The van der Waals surface area contributed by atoms with Crippen LogP contribution in [0.25, 0.3) is 11.4 Å². The van der Waals surface area contributed by atoms with Gasteiger partial charge in [-0.15, -0.1) is 11.3 Å². The highest BCUT2D eigenvalue weighted by Crippen LogP contribution is 2.28. The average Bonchev–Trinajstić information content (AvgIpc) is 3.29. The van der Waals surface area contributed by atoms with E-state index in [0.717, 1.165) is 28.5 Å². The van der Waals surface area contributed by atoms with Crippen molar-refractivity contribution in [2.75, 3.05) is 26.2 Å². The second-order valence-electron chi connectivity index (χ2n) is 6.57. The number of aromatic nitrogens is 3. The van der Waals surface area contributed by atoms with Crippen LogP contribution in [0.3, 0.4) is 0 Å². The van der Waals surface area contributed by atoms with Crippen molar-refractivity contribution in [2.45, 2.75) is 17.8 Å². The Balaban J connectivity index is 1.44. The summed E-state index contributed by atoms with van der Waals surface area (Å²) in [5, 5.41) is 4.52. The van der Waals surface area contributed by atoms with E-state index in [9.17, 15) is 8.42 Å². The first kappa shape index (κ1) is 19.5. The van der Waals surface area contributed by atoms with Crippen LogP contribution < -0.4 is 0 Å². The second-order valence-corrected chi connectivity index (χ2v) is 10.5. The predicted octanol–water partition coefficient (Wildman–Crippen LogP) is 2.93. The van der Waals surface area contributed by atoms with Crippen LogP contribution in [-0.2, 0) is 16.7 Å². The van der Waals surface area contributed by atoms with Crippen LogP contribution in [-0.4, -0.2) is 58.6 Å². The molecule has 0 amide bonds. The van der Waals surface area contributed by atoms with E-state index in [2.05, 4.69) is 15.0 Å². The van der Waals surface area contributed by atoms with Crippen molar-refractivity contribution in [1.82, 2.24) is 24.0 Å². The summed E-state index contributed by atoms with van der Waals surface area (Å²) in [6.07, 6.45) is 0. The lowest BCUT2D eigenvalue weighted by atomic mass is 10.2. The lowest BCUT2D eigenvalue weighted by molar-refractivity contribution is 0.146. The van der Waals surface area contributed by atoms with Crippen LogP contribution in [0.2, 0.25) is 4.34 Å². The van der Waals surface area contributed by atoms with Crippen molar-refractivity contribution < 1.29 is 8.42 Å². The fraction of sp³-hybridized carbons (Fsp3) is 0.333. The van der Waals surface area contributed by atoms with E-state index in [1.165, 1.54) is 4.31 Å². The average molecular weight is 438 g/mol. The molecular formula is C18H20ClN5O2S2. The molecule has 0 unspecified atom stereocenters. The molecule has 2 aromatic heterocycles. The molecule has 28 heavy (non-hydrogen) atoms. The molecule has 1 fully saturated rings. The minimum atomic E-state index is -3.48. The Morgan fingerprint density at radius 2 is 1.79 bits per heavy atom. The van der Waals surface area contributed by atoms with Crippen LogP contribution >= 0.6 is 22.9 Å². The lowest BCUT2D eigenvalue weighted by Crippen LogP contribution is -2.48. The number of thiophene rings is 1. The van der Waals surface area contributed by atoms with Gasteiger partial charge in [-0.05, 0) is 19.1 Å². The Labute approximate surface area is 173 Å². The molecular weight excluding hydrogens is 418 g/mol. The predicted molar refractivity (Wildman–Crippen MR) is 110 cm³/mol. The summed E-state index contributed by atoms with van der Waals surface area (Å²) in [6.45, 7) is 4.58. The molecule has 0 aliphatic carbocycles. The summed E-state index contributed by atoms with van der Waals surface area (Å²) in [6, 6.07) is 13.1. The molecule has 1 aliphatic rings. The molecule has 0 bridgehead atoms. The maximum atomic E-state index is 12.7. The number of hydrogen-bond donors (Lipinski definition) is 0. The first-order valence-electron chi connectivity index (χ1n) is 8.88. The van der Waals surface area contributed by atoms with Gasteiger partial charge < -0.3 is 0 Å². The number of sulfonamides is 1. The topological polar surface area (TPSA) is 71.3 Å². The number of aryl methyl sites for hydroxylation is 1. The Morgan fingerprint density at radius 3 is 2.43 bits per heavy atom. The van der Waals surface area contributed by atoms with Gasteiger partial charge in [0.1, 0.15) is 10.0 Å². The molecule has 1 aromatic carbocycles. The van der Waals surface area contributed by atoms with Crippen LogP contribution in [0.15, 0.2) is 46.7 Å². The summed E-state index contributed by atoms with van der Waals surface area (Å²) in [5.74, 6) is 1.54. The number of benzene rings is 1. The summed E-state index contributed by atoms with van der Waals surface area (Å²) >= 11 is 6.99. The lowest BCUT2D eigenvalue weighted by Gasteiger charge is -2.33. The Hall–Kier alpha value is -1.78. The first-order valence-corrected chi connectivity index (χ1v) is 11.5. The van der Waals surface area contributed by atoms with Gasteiger partial charge in [0.05, 0.1) is 11.0 Å². The highest BCUT2D eigenvalue weighted by atomic mass is 35.5. The zero-order chi connectivity index (χ0) is 19.7. The SMILES string of the molecule is Cc1nc(-c2ccccc2)n(CN2CCN(S(=O)(=O)c3ccc(Cl)s3)CC2)n1. The third-order valence-corrected chi connectivity index (χ3v) is 8.21. The molecule has 3 aromatic rings. The molecule has 4 rings (SSSR count). The standard InChI is InChI=1S/C18H20ClN5O2S2/c1-14-20-18(15-5-3-2-4-6-15)24(21-14)13-22-9-11-23(12-10-22)28(25,26)17-8-7-16(19)27-17/h2-8H,9-13H2,1H3. The molecule has 1 saturated heterocycles. The Morgan fingerprint density at radius 1 is 1.07 bits per heavy atom. The van der Waals surface area contributed by atoms with Crippen molar-refractivity contribution in [1.29, 1.82) is 0 Å². The van der Waals surface area contributed by atoms with E-state index in [1.807, 2.05) is 41.9 Å². The fourth-order valence-corrected chi connectivity index (χ4v) is 6.28. The van der Waals surface area contributed by atoms with E-state index in [-0.39, 0.29) is 0 Å². The number of nitrogens with zero attached hydrogens (tertiary/aromatic N) is 5. The zero-order valence-electron chi connectivity index (χ0n) is 15.3. The minimum absolute atomic E-state index is 0.296. The van der Waals surface area contributed by atoms with Crippen LogP contribution in [0.5, 0.6) is 0 Å². The summed E-state index contributed by atoms with van der Waals surface area (Å²) in [4.78, 5) is 6.74. The van der Waals surface area contributed by atoms with Crippen molar-refractivity contribution >= 4 is 33.0 Å². The van der Waals surface area contributed by atoms with Crippen LogP contribution in [0.1, 0.15) is 5.82 Å². The summed E-state index contributed by atoms with van der Waals surface area (Å²) in [5.41, 5.74) is 1.01. The number of piperazine rings is 1. The first-order chi connectivity index (χ1) is 13.4. The maximum Gasteiger partial charge on any atom is 0.252 e. The molecule has 0 N–H and O–H groups in total. The van der Waals surface area contributed by atoms with Crippen molar-refractivity contribution in [3.63, 3.8) is 0 Å². The maximum absolute atomic E-state index is 12.7. The van der Waals surface area contributed by atoms with Crippen molar-refractivity contribution in [3.8, 4) is 11.4 Å². The monoisotopic (exact) mass is 437 g/mol. The van der Waals surface area contributed by atoms with Gasteiger partial charge in [0.2, 0.25) is 0 Å². The molecule has 1 aliphatic heterocycles. The number of hydrogen-bond acceptors (Lipinski definition) is 6. The minimum Gasteiger partial charge on any atom is -0.282 e. The van der Waals surface area contributed by atoms with Crippen molar-refractivity contribution in [2.24, 2.45) is 0 Å². The molecule has 0 saturated carbocycles. The van der Waals surface area contributed by atoms with Gasteiger partial charge in [-0.3, -0.25) is 4.90 Å². The Kier molecular flexibility index (Phi) is 5.52. The van der Waals surface area contributed by atoms with Gasteiger partial charge in [0.15, 0.2) is 5.82 Å². The third-order valence-electron chi connectivity index (χ3n) is 4.62. The second kappa shape index (κ2) is 7.92. The smallest absolute Gasteiger partial charge is 0.252 e. The van der Waals surface area contributed by atoms with Crippen LogP contribution in [0.4, 0.5) is 0 Å².